The van der Waals surface area contributed by atoms with Gasteiger partial charge in [0.15, 0.2) is 0 Å². The zero-order valence-corrected chi connectivity index (χ0v) is 18.0. The third-order valence-electron chi connectivity index (χ3n) is 6.26. The maximum absolute atomic E-state index is 12.1. The molecular weight excluding hydrogens is 388 g/mol. The number of methoxy groups -OCH3 is 1. The molecule has 0 bridgehead atoms. The van der Waals surface area contributed by atoms with E-state index in [2.05, 4.69) is 28.1 Å². The Morgan fingerprint density at radius 3 is 2.71 bits per heavy atom. The van der Waals surface area contributed by atoms with Gasteiger partial charge in [0.2, 0.25) is 0 Å². The summed E-state index contributed by atoms with van der Waals surface area (Å²) in [5.74, 6) is 0.445. The normalized spacial score (nSPS) is 15.2. The first-order chi connectivity index (χ1) is 15.1. The number of ether oxygens (including phenoxy) is 1. The lowest BCUT2D eigenvalue weighted by Gasteiger charge is -2.28. The molecule has 1 aliphatic rings. The number of esters is 1. The van der Waals surface area contributed by atoms with Gasteiger partial charge in [0.1, 0.15) is 5.75 Å². The van der Waals surface area contributed by atoms with E-state index in [0.717, 1.165) is 42.6 Å². The van der Waals surface area contributed by atoms with E-state index in [1.165, 1.54) is 24.7 Å². The molecule has 1 N–H and O–H groups in total. The Morgan fingerprint density at radius 1 is 1.16 bits per heavy atom. The number of phenols is 1. The highest BCUT2D eigenvalue weighted by Gasteiger charge is 2.22. The van der Waals surface area contributed by atoms with Crippen LogP contribution in [0.25, 0.3) is 0 Å². The number of aryl methyl sites for hydroxylation is 2. The van der Waals surface area contributed by atoms with Gasteiger partial charge in [0.05, 0.1) is 12.7 Å². The van der Waals surface area contributed by atoms with Gasteiger partial charge in [-0.25, -0.2) is 4.79 Å². The predicted molar refractivity (Wildman–Crippen MR) is 122 cm³/mol. The number of aromatic nitrogens is 1. The van der Waals surface area contributed by atoms with Crippen LogP contribution in [-0.2, 0) is 17.6 Å². The van der Waals surface area contributed by atoms with Gasteiger partial charge in [0.25, 0.3) is 0 Å². The number of carbonyl (C=O) groups is 1. The monoisotopic (exact) mass is 416 g/mol. The minimum Gasteiger partial charge on any atom is -0.508 e. The number of benzene rings is 2. The summed E-state index contributed by atoms with van der Waals surface area (Å²) in [6.45, 7) is 0. The number of carbonyl (C=O) groups excluding carboxylic acids is 1. The van der Waals surface area contributed by atoms with Gasteiger partial charge in [0, 0.05) is 30.8 Å². The fourth-order valence-electron chi connectivity index (χ4n) is 4.50. The van der Waals surface area contributed by atoms with Gasteiger partial charge in [-0.3, -0.25) is 4.98 Å². The smallest absolute Gasteiger partial charge is 0.338 e. The highest BCUT2D eigenvalue weighted by molar-refractivity contribution is 5.90. The van der Waals surface area contributed by atoms with Crippen LogP contribution in [0.2, 0.25) is 0 Å². The fraction of sp³-hybridized carbons (Fsp3) is 0.308. The van der Waals surface area contributed by atoms with Crippen molar-refractivity contribution in [3.63, 3.8) is 0 Å². The Labute approximate surface area is 183 Å². The van der Waals surface area contributed by atoms with Crippen LogP contribution in [0.1, 0.15) is 52.2 Å². The highest BCUT2D eigenvalue weighted by atomic mass is 16.5. The molecular formula is C26H28N2O3. The Bertz CT molecular complexity index is 1060. The number of rotatable bonds is 6. The van der Waals surface area contributed by atoms with E-state index >= 15 is 0 Å². The van der Waals surface area contributed by atoms with Gasteiger partial charge in [-0.05, 0) is 97.2 Å². The largest absolute Gasteiger partial charge is 0.508 e. The van der Waals surface area contributed by atoms with Crippen LogP contribution in [0, 0.1) is 0 Å². The van der Waals surface area contributed by atoms with E-state index in [1.807, 2.05) is 19.2 Å². The molecule has 5 heteroatoms. The van der Waals surface area contributed by atoms with Crippen molar-refractivity contribution in [3.8, 4) is 5.75 Å². The zero-order valence-electron chi connectivity index (χ0n) is 18.0. The molecule has 3 aromatic rings. The summed E-state index contributed by atoms with van der Waals surface area (Å²) in [6, 6.07) is 15.7. The molecule has 0 saturated heterocycles. The first-order valence-corrected chi connectivity index (χ1v) is 10.7. The maximum atomic E-state index is 12.1. The highest BCUT2D eigenvalue weighted by Crippen LogP contribution is 2.38. The lowest BCUT2D eigenvalue weighted by molar-refractivity contribution is 0.0599. The zero-order chi connectivity index (χ0) is 21.8. The average Bonchev–Trinajstić information content (AvgIpc) is 2.82. The third-order valence-corrected chi connectivity index (χ3v) is 6.26. The van der Waals surface area contributed by atoms with Crippen LogP contribution in [0.15, 0.2) is 60.9 Å². The molecule has 31 heavy (non-hydrogen) atoms. The molecule has 0 spiro atoms. The number of aromatic hydroxyl groups is 1. The van der Waals surface area contributed by atoms with Gasteiger partial charge < -0.3 is 14.7 Å². The number of pyridine rings is 1. The molecule has 0 amide bonds. The minimum absolute atomic E-state index is 0.273. The molecule has 0 radical (unpaired) electrons. The molecule has 1 aliphatic carbocycles. The van der Waals surface area contributed by atoms with Gasteiger partial charge >= 0.3 is 5.97 Å². The summed E-state index contributed by atoms with van der Waals surface area (Å²) >= 11 is 0. The van der Waals surface area contributed by atoms with Crippen LogP contribution in [0.3, 0.4) is 0 Å². The maximum Gasteiger partial charge on any atom is 0.338 e. The van der Waals surface area contributed by atoms with Crippen molar-refractivity contribution in [1.82, 2.24) is 4.98 Å². The number of hydrogen-bond donors (Lipinski definition) is 1. The summed E-state index contributed by atoms with van der Waals surface area (Å²) < 4.78 is 4.92. The summed E-state index contributed by atoms with van der Waals surface area (Å²) in [7, 11) is 3.46. The fourth-order valence-corrected chi connectivity index (χ4v) is 4.50. The Kier molecular flexibility index (Phi) is 6.21. The van der Waals surface area contributed by atoms with Gasteiger partial charge in [-0.15, -0.1) is 0 Å². The molecule has 0 aliphatic heterocycles. The topological polar surface area (TPSA) is 62.7 Å². The summed E-state index contributed by atoms with van der Waals surface area (Å²) in [6.07, 6.45) is 8.62. The van der Waals surface area contributed by atoms with Crippen molar-refractivity contribution < 1.29 is 14.6 Å². The van der Waals surface area contributed by atoms with E-state index in [9.17, 15) is 9.90 Å². The van der Waals surface area contributed by atoms with Crippen molar-refractivity contribution in [2.24, 2.45) is 0 Å². The third kappa shape index (κ3) is 4.55. The second kappa shape index (κ2) is 9.21. The van der Waals surface area contributed by atoms with Crippen molar-refractivity contribution >= 4 is 17.3 Å². The molecule has 4 rings (SSSR count). The molecule has 0 unspecified atom stereocenters. The van der Waals surface area contributed by atoms with Crippen LogP contribution in [0.4, 0.5) is 11.4 Å². The molecule has 160 valence electrons. The van der Waals surface area contributed by atoms with E-state index in [0.29, 0.717) is 11.5 Å². The minimum atomic E-state index is -0.302. The quantitative estimate of drug-likeness (QED) is 0.546. The number of nitrogens with zero attached hydrogens (tertiary/aromatic N) is 2. The molecule has 1 atom stereocenters. The number of hydrogen-bond acceptors (Lipinski definition) is 5. The van der Waals surface area contributed by atoms with Gasteiger partial charge in [-0.2, -0.15) is 0 Å². The van der Waals surface area contributed by atoms with Gasteiger partial charge in [-0.1, -0.05) is 6.07 Å². The standard InChI is InChI=1S/C26H28N2O3/c1-28(21-8-11-23(29)12-9-21)22-10-13-24-18(4-3-5-19(24)16-22)6-7-20-17-27-15-14-25(20)26(30)31-2/h8-18,29H,3-7H2,1-2H3/t18-/m0/s1. The van der Waals surface area contributed by atoms with Crippen LogP contribution in [-0.4, -0.2) is 30.2 Å². The van der Waals surface area contributed by atoms with E-state index in [1.54, 1.807) is 30.6 Å². The van der Waals surface area contributed by atoms with Crippen molar-refractivity contribution in [2.45, 2.75) is 38.0 Å². The van der Waals surface area contributed by atoms with Crippen LogP contribution in [0.5, 0.6) is 5.75 Å². The molecule has 1 heterocycles. The molecule has 5 nitrogen and oxygen atoms in total. The Hall–Kier alpha value is -3.34. The summed E-state index contributed by atoms with van der Waals surface area (Å²) in [5, 5.41) is 9.54. The van der Waals surface area contributed by atoms with Crippen LogP contribution >= 0.6 is 0 Å². The van der Waals surface area contributed by atoms with E-state index in [4.69, 9.17) is 4.74 Å². The lowest BCUT2D eigenvalue weighted by atomic mass is 9.79. The molecule has 0 fully saturated rings. The second-order valence-electron chi connectivity index (χ2n) is 8.11. The first-order valence-electron chi connectivity index (χ1n) is 10.7. The first kappa shape index (κ1) is 20.9. The Balaban J connectivity index is 1.51. The number of fused-ring (bicyclic) bond motifs is 1. The summed E-state index contributed by atoms with van der Waals surface area (Å²) in [5.41, 5.74) is 6.56. The number of phenolic OH excluding ortho intramolecular Hbond substituents is 1. The van der Waals surface area contributed by atoms with Crippen molar-refractivity contribution in [1.29, 1.82) is 0 Å². The molecule has 2 aromatic carbocycles. The molecule has 0 saturated carbocycles. The summed E-state index contributed by atoms with van der Waals surface area (Å²) in [4.78, 5) is 18.4. The van der Waals surface area contributed by atoms with Crippen molar-refractivity contribution in [3.05, 3.63) is 83.2 Å². The SMILES string of the molecule is COC(=O)c1ccncc1CC[C@@H]1CCCc2cc(N(C)c3ccc(O)cc3)ccc21. The van der Waals surface area contributed by atoms with E-state index < -0.39 is 0 Å². The Morgan fingerprint density at radius 2 is 1.94 bits per heavy atom. The van der Waals surface area contributed by atoms with E-state index in [-0.39, 0.29) is 11.7 Å². The predicted octanol–water partition coefficient (Wildman–Crippen LogP) is 5.39. The second-order valence-corrected chi connectivity index (χ2v) is 8.11. The van der Waals surface area contributed by atoms with Crippen LogP contribution < -0.4 is 4.90 Å². The number of anilines is 2. The van der Waals surface area contributed by atoms with Crippen molar-refractivity contribution in [2.75, 3.05) is 19.1 Å². The lowest BCUT2D eigenvalue weighted by Crippen LogP contribution is -2.14. The average molecular weight is 417 g/mol. The molecule has 1 aromatic heterocycles.